The van der Waals surface area contributed by atoms with Crippen molar-refractivity contribution < 1.29 is 27.7 Å². The average Bonchev–Trinajstić information content (AvgIpc) is 2.54. The molecular weight excluding hydrogens is 367 g/mol. The zero-order valence-electron chi connectivity index (χ0n) is 13.7. The Morgan fingerprint density at radius 2 is 1.70 bits per heavy atom. The molecule has 2 rings (SSSR count). The fourth-order valence-corrected chi connectivity index (χ4v) is 2.43. The predicted octanol–water partition coefficient (Wildman–Crippen LogP) is 1.77. The molecule has 0 aromatic heterocycles. The summed E-state index contributed by atoms with van der Waals surface area (Å²) in [6.45, 7) is 0. The summed E-state index contributed by atoms with van der Waals surface area (Å²) in [4.78, 5) is 33.5. The number of nitro benzene ring substituents is 1. The van der Waals surface area contributed by atoms with Gasteiger partial charge in [-0.1, -0.05) is 6.07 Å². The lowest BCUT2D eigenvalue weighted by Crippen LogP contribution is -2.46. The van der Waals surface area contributed by atoms with Crippen LogP contribution in [0.4, 0.5) is 18.9 Å². The topological polar surface area (TPSA) is 115 Å². The van der Waals surface area contributed by atoms with E-state index in [1.165, 1.54) is 6.07 Å². The maximum absolute atomic E-state index is 13.4. The number of hydrogen-bond acceptors (Lipinski definition) is 4. The van der Waals surface area contributed by atoms with E-state index in [0.717, 1.165) is 24.3 Å². The van der Waals surface area contributed by atoms with Crippen molar-refractivity contribution in [3.8, 4) is 0 Å². The third-order valence-electron chi connectivity index (χ3n) is 3.61. The molecule has 0 heterocycles. The van der Waals surface area contributed by atoms with Gasteiger partial charge in [0.25, 0.3) is 0 Å². The van der Waals surface area contributed by atoms with E-state index >= 15 is 0 Å². The van der Waals surface area contributed by atoms with Crippen LogP contribution in [0, 0.1) is 27.6 Å². The molecule has 1 atom stereocenters. The Kier molecular flexibility index (Phi) is 6.11. The summed E-state index contributed by atoms with van der Waals surface area (Å²) < 4.78 is 39.7. The van der Waals surface area contributed by atoms with Crippen LogP contribution in [0.15, 0.2) is 36.4 Å². The van der Waals surface area contributed by atoms with Gasteiger partial charge in [-0.25, -0.2) is 8.78 Å². The van der Waals surface area contributed by atoms with Crippen molar-refractivity contribution in [1.82, 2.24) is 5.32 Å². The molecule has 0 unspecified atom stereocenters. The van der Waals surface area contributed by atoms with Crippen LogP contribution in [0.1, 0.15) is 11.1 Å². The van der Waals surface area contributed by atoms with Gasteiger partial charge < -0.3 is 11.1 Å². The number of halogens is 3. The van der Waals surface area contributed by atoms with Crippen LogP contribution in [0.2, 0.25) is 0 Å². The number of nitro groups is 1. The lowest BCUT2D eigenvalue weighted by molar-refractivity contribution is -0.387. The minimum absolute atomic E-state index is 0.0469. The van der Waals surface area contributed by atoms with E-state index in [9.17, 15) is 32.9 Å². The molecule has 0 bridgehead atoms. The largest absolute Gasteiger partial charge is 0.368 e. The zero-order valence-corrected chi connectivity index (χ0v) is 13.7. The average molecular weight is 381 g/mol. The first-order valence-corrected chi connectivity index (χ1v) is 7.62. The molecule has 0 aliphatic rings. The van der Waals surface area contributed by atoms with Gasteiger partial charge in [0, 0.05) is 18.6 Å². The van der Waals surface area contributed by atoms with Gasteiger partial charge in [0.15, 0.2) is 0 Å². The molecule has 7 nitrogen and oxygen atoms in total. The number of nitrogens with one attached hydrogen (secondary N) is 1. The van der Waals surface area contributed by atoms with Gasteiger partial charge in [-0.05, 0) is 29.3 Å². The van der Waals surface area contributed by atoms with Crippen molar-refractivity contribution in [2.45, 2.75) is 18.9 Å². The summed E-state index contributed by atoms with van der Waals surface area (Å²) in [5.41, 5.74) is 4.69. The number of nitrogens with two attached hydrogens (primary N) is 1. The van der Waals surface area contributed by atoms with Gasteiger partial charge >= 0.3 is 5.69 Å². The molecule has 0 spiro atoms. The molecule has 2 aromatic carbocycles. The van der Waals surface area contributed by atoms with E-state index in [1.807, 2.05) is 0 Å². The summed E-state index contributed by atoms with van der Waals surface area (Å²) >= 11 is 0. The summed E-state index contributed by atoms with van der Waals surface area (Å²) in [5.74, 6) is -4.43. The molecular formula is C17H14F3N3O4. The van der Waals surface area contributed by atoms with Gasteiger partial charge in [0.2, 0.25) is 17.6 Å². The Labute approximate surface area is 151 Å². The van der Waals surface area contributed by atoms with E-state index in [0.29, 0.717) is 6.07 Å². The zero-order chi connectivity index (χ0) is 20.1. The molecule has 10 heteroatoms. The standard InChI is InChI=1S/C17H14F3N3O4/c18-11-3-10(4-12(19)8-11)7-16(24)22-14(17(21)25)5-9-1-2-13(20)15(6-9)23(26)27/h1-4,6,8,14H,5,7H2,(H2,21,25)(H,22,24)/t14-/m0/s1. The molecule has 142 valence electrons. The van der Waals surface area contributed by atoms with Crippen LogP contribution >= 0.6 is 0 Å². The van der Waals surface area contributed by atoms with Crippen molar-refractivity contribution >= 4 is 17.5 Å². The maximum Gasteiger partial charge on any atom is 0.305 e. The number of carbonyl (C=O) groups excluding carboxylic acids is 2. The second-order valence-electron chi connectivity index (χ2n) is 5.72. The second-order valence-corrected chi connectivity index (χ2v) is 5.72. The van der Waals surface area contributed by atoms with Crippen LogP contribution in [0.3, 0.4) is 0 Å². The quantitative estimate of drug-likeness (QED) is 0.562. The normalized spacial score (nSPS) is 11.7. The monoisotopic (exact) mass is 381 g/mol. The number of hydrogen-bond donors (Lipinski definition) is 2. The first-order valence-electron chi connectivity index (χ1n) is 7.62. The Bertz CT molecular complexity index is 885. The first-order chi connectivity index (χ1) is 12.7. The van der Waals surface area contributed by atoms with Crippen molar-refractivity contribution in [2.75, 3.05) is 0 Å². The van der Waals surface area contributed by atoms with Crippen LogP contribution in [0.5, 0.6) is 0 Å². The minimum atomic E-state index is -1.25. The fraction of sp³-hybridized carbons (Fsp3) is 0.176. The van der Waals surface area contributed by atoms with Crippen molar-refractivity contribution in [3.63, 3.8) is 0 Å². The van der Waals surface area contributed by atoms with Crippen LogP contribution in [-0.4, -0.2) is 22.8 Å². The highest BCUT2D eigenvalue weighted by atomic mass is 19.1. The molecule has 3 N–H and O–H groups in total. The summed E-state index contributed by atoms with van der Waals surface area (Å²) in [6, 6.07) is 4.33. The van der Waals surface area contributed by atoms with Crippen LogP contribution in [0.25, 0.3) is 0 Å². The molecule has 2 aromatic rings. The number of rotatable bonds is 7. The number of nitrogens with zero attached hydrogens (tertiary/aromatic N) is 1. The lowest BCUT2D eigenvalue weighted by atomic mass is 10.0. The van der Waals surface area contributed by atoms with E-state index in [1.54, 1.807) is 0 Å². The van der Waals surface area contributed by atoms with Gasteiger partial charge in [-0.2, -0.15) is 4.39 Å². The summed E-state index contributed by atoms with van der Waals surface area (Å²) in [7, 11) is 0. The fourth-order valence-electron chi connectivity index (χ4n) is 2.43. The molecule has 27 heavy (non-hydrogen) atoms. The molecule has 0 aliphatic heterocycles. The van der Waals surface area contributed by atoms with Gasteiger partial charge in [0.1, 0.15) is 17.7 Å². The maximum atomic E-state index is 13.4. The van der Waals surface area contributed by atoms with Crippen LogP contribution < -0.4 is 11.1 Å². The number of carbonyl (C=O) groups is 2. The molecule has 0 radical (unpaired) electrons. The Morgan fingerprint density at radius 3 is 2.26 bits per heavy atom. The van der Waals surface area contributed by atoms with Crippen LogP contribution in [-0.2, 0) is 22.4 Å². The van der Waals surface area contributed by atoms with E-state index in [4.69, 9.17) is 5.73 Å². The summed E-state index contributed by atoms with van der Waals surface area (Å²) in [5, 5.41) is 13.1. The van der Waals surface area contributed by atoms with Gasteiger partial charge in [-0.15, -0.1) is 0 Å². The van der Waals surface area contributed by atoms with E-state index in [2.05, 4.69) is 5.32 Å². The van der Waals surface area contributed by atoms with Gasteiger partial charge in [-0.3, -0.25) is 19.7 Å². The lowest BCUT2D eigenvalue weighted by Gasteiger charge is -2.16. The van der Waals surface area contributed by atoms with Gasteiger partial charge in [0.05, 0.1) is 11.3 Å². The van der Waals surface area contributed by atoms with E-state index < -0.39 is 52.3 Å². The third-order valence-corrected chi connectivity index (χ3v) is 3.61. The Morgan fingerprint density at radius 1 is 1.07 bits per heavy atom. The first kappa shape index (κ1) is 19.9. The highest BCUT2D eigenvalue weighted by molar-refractivity contribution is 5.87. The number of benzene rings is 2. The Balaban J connectivity index is 2.11. The molecule has 0 aliphatic carbocycles. The highest BCUT2D eigenvalue weighted by Gasteiger charge is 2.21. The molecule has 0 fully saturated rings. The van der Waals surface area contributed by atoms with E-state index in [-0.39, 0.29) is 17.5 Å². The third kappa shape index (κ3) is 5.53. The van der Waals surface area contributed by atoms with Crippen molar-refractivity contribution in [1.29, 1.82) is 0 Å². The molecule has 0 saturated heterocycles. The number of amides is 2. The SMILES string of the molecule is NC(=O)[C@H](Cc1ccc(F)c([N+](=O)[O-])c1)NC(=O)Cc1cc(F)cc(F)c1. The smallest absolute Gasteiger partial charge is 0.305 e. The predicted molar refractivity (Wildman–Crippen MR) is 87.9 cm³/mol. The minimum Gasteiger partial charge on any atom is -0.368 e. The second kappa shape index (κ2) is 8.30. The van der Waals surface area contributed by atoms with Crippen molar-refractivity contribution in [3.05, 3.63) is 75.1 Å². The Hall–Kier alpha value is -3.43. The van der Waals surface area contributed by atoms with Crippen molar-refractivity contribution in [2.24, 2.45) is 5.73 Å². The molecule has 2 amide bonds. The number of primary amides is 1. The summed E-state index contributed by atoms with van der Waals surface area (Å²) in [6.07, 6.45) is -0.637. The highest BCUT2D eigenvalue weighted by Crippen LogP contribution is 2.19. The molecule has 0 saturated carbocycles.